The van der Waals surface area contributed by atoms with Gasteiger partial charge in [-0.1, -0.05) is 31.2 Å². The minimum absolute atomic E-state index is 0.0873. The van der Waals surface area contributed by atoms with Crippen LogP contribution in [0.1, 0.15) is 80.9 Å². The number of hydrogen-bond acceptors (Lipinski definition) is 5. The topological polar surface area (TPSA) is 59.0 Å². The van der Waals surface area contributed by atoms with Gasteiger partial charge in [0.15, 0.2) is 0 Å². The van der Waals surface area contributed by atoms with E-state index in [4.69, 9.17) is 9.47 Å². The summed E-state index contributed by atoms with van der Waals surface area (Å²) in [5.41, 5.74) is 3.68. The molecule has 1 heterocycles. The summed E-state index contributed by atoms with van der Waals surface area (Å²) in [5, 5.41) is 11.3. The highest BCUT2D eigenvalue weighted by Crippen LogP contribution is 2.71. The average Bonchev–Trinajstić information content (AvgIpc) is 3.56. The van der Waals surface area contributed by atoms with E-state index in [1.54, 1.807) is 0 Å². The first-order valence-corrected chi connectivity index (χ1v) is 14.9. The van der Waals surface area contributed by atoms with Gasteiger partial charge in [0.1, 0.15) is 18.1 Å². The maximum absolute atomic E-state index is 11.6. The molecular formula is C34H43NO4. The van der Waals surface area contributed by atoms with Crippen LogP contribution in [0.4, 0.5) is 0 Å². The van der Waals surface area contributed by atoms with Crippen LogP contribution in [0.2, 0.25) is 0 Å². The van der Waals surface area contributed by atoms with Crippen LogP contribution >= 0.6 is 0 Å². The number of allylic oxidation sites excluding steroid dienone is 1. The van der Waals surface area contributed by atoms with E-state index in [-0.39, 0.29) is 34.7 Å². The molecule has 3 aliphatic carbocycles. The molecule has 0 aromatic heterocycles. The molecule has 1 N–H and O–H groups in total. The van der Waals surface area contributed by atoms with E-state index in [1.165, 1.54) is 49.5 Å². The predicted octanol–water partition coefficient (Wildman–Crippen LogP) is 6.25. The summed E-state index contributed by atoms with van der Waals surface area (Å²) in [6.45, 7) is 12.3. The first-order chi connectivity index (χ1) is 18.8. The summed E-state index contributed by atoms with van der Waals surface area (Å²) < 4.78 is 11.6. The minimum atomic E-state index is -0.291. The fraction of sp³-hybridized carbons (Fsp3) is 0.559. The summed E-state index contributed by atoms with van der Waals surface area (Å²) >= 11 is 0. The summed E-state index contributed by atoms with van der Waals surface area (Å²) in [7, 11) is 0. The molecular weight excluding hydrogens is 486 g/mol. The van der Waals surface area contributed by atoms with Gasteiger partial charge in [-0.15, -0.1) is 6.58 Å². The van der Waals surface area contributed by atoms with Crippen molar-refractivity contribution >= 4 is 5.97 Å². The standard InChI is InChI=1S/C34H43NO4/c1-4-34-16-15-25-21-27(39-23(2)36)11-12-28(25)32(34)29(22-33(3)30(34)13-14-31(33)37)24-7-9-26(10-8-24)38-20-19-35-17-5-6-18-35/h4,7-12,21,29-32,37H,1,5-6,13-20,22H2,2-3H3/t29-,30?,31+,32?,33+,34+/m1/s1. The second kappa shape index (κ2) is 10.4. The molecule has 0 radical (unpaired) electrons. The van der Waals surface area contributed by atoms with Crippen LogP contribution in [0.25, 0.3) is 0 Å². The first-order valence-electron chi connectivity index (χ1n) is 14.9. The van der Waals surface area contributed by atoms with E-state index in [1.807, 2.05) is 6.07 Å². The largest absolute Gasteiger partial charge is 0.492 e. The average molecular weight is 530 g/mol. The minimum Gasteiger partial charge on any atom is -0.492 e. The van der Waals surface area contributed by atoms with Crippen molar-refractivity contribution in [3.63, 3.8) is 0 Å². The van der Waals surface area contributed by atoms with Crippen LogP contribution in [0.3, 0.4) is 0 Å². The van der Waals surface area contributed by atoms with Crippen molar-refractivity contribution in [3.05, 3.63) is 71.8 Å². The SMILES string of the molecule is C=C[C@@]12CCc3cc(OC(C)=O)ccc3C1[C@@H](c1ccc(OCCN3CCCC3)cc1)C[C@@]1(C)C2CC[C@@H]1O. The van der Waals surface area contributed by atoms with E-state index in [0.717, 1.165) is 51.0 Å². The van der Waals surface area contributed by atoms with Crippen molar-refractivity contribution in [2.24, 2.45) is 16.7 Å². The molecule has 2 aromatic carbocycles. The Balaban J connectivity index is 1.34. The zero-order valence-electron chi connectivity index (χ0n) is 23.5. The molecule has 2 aromatic rings. The van der Waals surface area contributed by atoms with Crippen molar-refractivity contribution in [3.8, 4) is 11.5 Å². The predicted molar refractivity (Wildman–Crippen MR) is 153 cm³/mol. The van der Waals surface area contributed by atoms with Gasteiger partial charge >= 0.3 is 5.97 Å². The molecule has 0 bridgehead atoms. The van der Waals surface area contributed by atoms with Gasteiger partial charge in [-0.2, -0.15) is 0 Å². The number of esters is 1. The van der Waals surface area contributed by atoms with Gasteiger partial charge < -0.3 is 14.6 Å². The zero-order chi connectivity index (χ0) is 27.2. The number of nitrogens with zero attached hydrogens (tertiary/aromatic N) is 1. The molecule has 6 atom stereocenters. The Labute approximate surface area is 233 Å². The van der Waals surface area contributed by atoms with Crippen LogP contribution in [0, 0.1) is 16.7 Å². The summed E-state index contributed by atoms with van der Waals surface area (Å²) in [6.07, 6.45) is 9.31. The molecule has 5 heteroatoms. The molecule has 3 fully saturated rings. The third-order valence-corrected chi connectivity index (χ3v) is 10.7. The van der Waals surface area contributed by atoms with E-state index >= 15 is 0 Å². The fourth-order valence-corrected chi connectivity index (χ4v) is 8.87. The summed E-state index contributed by atoms with van der Waals surface area (Å²) in [5.74, 6) is 2.15. The number of carbonyl (C=O) groups is 1. The monoisotopic (exact) mass is 529 g/mol. The van der Waals surface area contributed by atoms with Gasteiger partial charge in [0.05, 0.1) is 6.10 Å². The smallest absolute Gasteiger partial charge is 0.308 e. The highest BCUT2D eigenvalue weighted by Gasteiger charge is 2.63. The van der Waals surface area contributed by atoms with E-state index < -0.39 is 0 Å². The molecule has 1 aliphatic heterocycles. The number of rotatable bonds is 7. The van der Waals surface area contributed by atoms with E-state index in [2.05, 4.69) is 60.9 Å². The van der Waals surface area contributed by atoms with E-state index in [9.17, 15) is 9.90 Å². The Hall–Kier alpha value is -2.63. The van der Waals surface area contributed by atoms with E-state index in [0.29, 0.717) is 11.7 Å². The molecule has 208 valence electrons. The number of benzene rings is 2. The van der Waals surface area contributed by atoms with Gasteiger partial charge in [0, 0.05) is 19.4 Å². The quantitative estimate of drug-likeness (QED) is 0.261. The Morgan fingerprint density at radius 2 is 1.87 bits per heavy atom. The lowest BCUT2D eigenvalue weighted by Gasteiger charge is -2.60. The van der Waals surface area contributed by atoms with Gasteiger partial charge in [0.2, 0.25) is 0 Å². The lowest BCUT2D eigenvalue weighted by molar-refractivity contribution is -0.131. The van der Waals surface area contributed by atoms with Gasteiger partial charge in [-0.25, -0.2) is 0 Å². The molecule has 0 spiro atoms. The normalized spacial score (nSPS) is 33.6. The molecule has 39 heavy (non-hydrogen) atoms. The Kier molecular flexibility index (Phi) is 7.09. The van der Waals surface area contributed by atoms with Crippen molar-refractivity contribution in [1.82, 2.24) is 4.90 Å². The number of likely N-dealkylation sites (tertiary alicyclic amines) is 1. The van der Waals surface area contributed by atoms with Crippen molar-refractivity contribution in [1.29, 1.82) is 0 Å². The number of fused-ring (bicyclic) bond motifs is 5. The maximum Gasteiger partial charge on any atom is 0.308 e. The van der Waals surface area contributed by atoms with Crippen LogP contribution in [0.5, 0.6) is 11.5 Å². The zero-order valence-corrected chi connectivity index (χ0v) is 23.5. The van der Waals surface area contributed by atoms with Crippen molar-refractivity contribution < 1.29 is 19.4 Å². The Morgan fingerprint density at radius 3 is 2.59 bits per heavy atom. The van der Waals surface area contributed by atoms with Crippen LogP contribution in [-0.2, 0) is 11.2 Å². The fourth-order valence-electron chi connectivity index (χ4n) is 8.87. The molecule has 1 saturated heterocycles. The van der Waals surface area contributed by atoms with Gasteiger partial charge in [-0.3, -0.25) is 9.69 Å². The lowest BCUT2D eigenvalue weighted by atomic mass is 9.44. The first kappa shape index (κ1) is 26.6. The van der Waals surface area contributed by atoms with Gasteiger partial charge in [-0.05, 0) is 122 Å². The molecule has 5 nitrogen and oxygen atoms in total. The maximum atomic E-state index is 11.6. The Morgan fingerprint density at radius 1 is 1.13 bits per heavy atom. The summed E-state index contributed by atoms with van der Waals surface area (Å²) in [6, 6.07) is 14.9. The van der Waals surface area contributed by atoms with Gasteiger partial charge in [0.25, 0.3) is 0 Å². The molecule has 0 amide bonds. The van der Waals surface area contributed by atoms with Crippen LogP contribution in [-0.4, -0.2) is 48.3 Å². The molecule has 2 unspecified atom stereocenters. The third-order valence-electron chi connectivity index (χ3n) is 10.7. The number of aliphatic hydroxyl groups is 1. The number of carbonyl (C=O) groups excluding carboxylic acids is 1. The highest BCUT2D eigenvalue weighted by molar-refractivity contribution is 5.69. The number of aryl methyl sites for hydroxylation is 1. The van der Waals surface area contributed by atoms with Crippen LogP contribution < -0.4 is 9.47 Å². The third kappa shape index (κ3) is 4.62. The highest BCUT2D eigenvalue weighted by atomic mass is 16.5. The summed E-state index contributed by atoms with van der Waals surface area (Å²) in [4.78, 5) is 14.1. The van der Waals surface area contributed by atoms with Crippen molar-refractivity contribution in [2.75, 3.05) is 26.2 Å². The lowest BCUT2D eigenvalue weighted by Crippen LogP contribution is -2.53. The number of hydrogen-bond donors (Lipinski definition) is 1. The number of aliphatic hydroxyl groups excluding tert-OH is 1. The molecule has 4 aliphatic rings. The second-order valence-corrected chi connectivity index (χ2v) is 12.7. The Bertz CT molecular complexity index is 1220. The molecule has 2 saturated carbocycles. The molecule has 6 rings (SSSR count). The van der Waals surface area contributed by atoms with Crippen LogP contribution in [0.15, 0.2) is 55.1 Å². The second-order valence-electron chi connectivity index (χ2n) is 12.7. The van der Waals surface area contributed by atoms with Crippen molar-refractivity contribution in [2.45, 2.75) is 76.7 Å². The number of ether oxygens (including phenoxy) is 2.